The van der Waals surface area contributed by atoms with E-state index < -0.39 is 0 Å². The minimum absolute atomic E-state index is 0.124. The molecule has 1 aromatic heterocycles. The molecule has 1 aromatic carbocycles. The van der Waals surface area contributed by atoms with Gasteiger partial charge >= 0.3 is 0 Å². The van der Waals surface area contributed by atoms with Crippen molar-refractivity contribution in [3.63, 3.8) is 0 Å². The normalized spacial score (nSPS) is 23.6. The number of hydrogen-bond acceptors (Lipinski definition) is 5. The predicted molar refractivity (Wildman–Crippen MR) is 91.2 cm³/mol. The van der Waals surface area contributed by atoms with Gasteiger partial charge in [-0.05, 0) is 42.3 Å². The van der Waals surface area contributed by atoms with Gasteiger partial charge in [0.1, 0.15) is 12.3 Å². The SMILES string of the molecule is Cc1nonc1OCCNC(=O)[C@]1(c2ccccc2)CC12CCCC2. The van der Waals surface area contributed by atoms with Gasteiger partial charge < -0.3 is 10.1 Å². The fourth-order valence-corrected chi connectivity index (χ4v) is 4.52. The average molecular weight is 341 g/mol. The number of nitrogens with one attached hydrogen (secondary N) is 1. The van der Waals surface area contributed by atoms with Crippen molar-refractivity contribution < 1.29 is 14.2 Å². The Balaban J connectivity index is 1.42. The molecule has 1 amide bonds. The molecule has 2 aliphatic carbocycles. The van der Waals surface area contributed by atoms with Crippen molar-refractivity contribution in [1.82, 2.24) is 15.6 Å². The number of carbonyl (C=O) groups is 1. The van der Waals surface area contributed by atoms with Gasteiger partial charge in [0.25, 0.3) is 5.88 Å². The number of aryl methyl sites for hydroxylation is 1. The number of ether oxygens (including phenoxy) is 1. The molecular formula is C19H23N3O3. The molecule has 1 atom stereocenters. The molecule has 6 heteroatoms. The van der Waals surface area contributed by atoms with Crippen molar-refractivity contribution >= 4 is 5.91 Å². The maximum Gasteiger partial charge on any atom is 0.278 e. The minimum atomic E-state index is -0.365. The summed E-state index contributed by atoms with van der Waals surface area (Å²) in [6.45, 7) is 2.55. The Morgan fingerprint density at radius 2 is 2.00 bits per heavy atom. The van der Waals surface area contributed by atoms with Crippen LogP contribution < -0.4 is 10.1 Å². The van der Waals surface area contributed by atoms with Crippen LogP contribution in [-0.2, 0) is 10.2 Å². The lowest BCUT2D eigenvalue weighted by molar-refractivity contribution is -0.124. The van der Waals surface area contributed by atoms with Gasteiger partial charge in [0.2, 0.25) is 5.91 Å². The highest BCUT2D eigenvalue weighted by Gasteiger charge is 2.72. The maximum absolute atomic E-state index is 13.1. The molecule has 2 aromatic rings. The second-order valence-corrected chi connectivity index (χ2v) is 7.19. The van der Waals surface area contributed by atoms with E-state index >= 15 is 0 Å². The van der Waals surface area contributed by atoms with Gasteiger partial charge in [-0.2, -0.15) is 0 Å². The molecule has 6 nitrogen and oxygen atoms in total. The Bertz CT molecular complexity index is 752. The summed E-state index contributed by atoms with van der Waals surface area (Å²) >= 11 is 0. The van der Waals surface area contributed by atoms with Gasteiger partial charge in [0.15, 0.2) is 0 Å². The van der Waals surface area contributed by atoms with Gasteiger partial charge in [-0.15, -0.1) is 0 Å². The molecule has 0 radical (unpaired) electrons. The van der Waals surface area contributed by atoms with Crippen LogP contribution in [0.5, 0.6) is 5.88 Å². The Morgan fingerprint density at radius 1 is 1.24 bits per heavy atom. The summed E-state index contributed by atoms with van der Waals surface area (Å²) in [5.41, 5.74) is 1.55. The zero-order chi connectivity index (χ0) is 17.3. The lowest BCUT2D eigenvalue weighted by atomic mass is 9.84. The van der Waals surface area contributed by atoms with E-state index in [0.29, 0.717) is 24.7 Å². The van der Waals surface area contributed by atoms with E-state index in [1.807, 2.05) is 18.2 Å². The molecule has 2 fully saturated rings. The number of aromatic nitrogens is 2. The van der Waals surface area contributed by atoms with Gasteiger partial charge in [-0.25, -0.2) is 4.63 Å². The van der Waals surface area contributed by atoms with Crippen LogP contribution in [0.15, 0.2) is 35.0 Å². The van der Waals surface area contributed by atoms with E-state index in [9.17, 15) is 4.79 Å². The highest BCUT2D eigenvalue weighted by Crippen LogP contribution is 2.72. The first-order valence-corrected chi connectivity index (χ1v) is 8.94. The summed E-state index contributed by atoms with van der Waals surface area (Å²) in [5.74, 6) is 0.505. The lowest BCUT2D eigenvalue weighted by Gasteiger charge is -2.22. The monoisotopic (exact) mass is 341 g/mol. The van der Waals surface area contributed by atoms with E-state index in [-0.39, 0.29) is 16.7 Å². The third-order valence-electron chi connectivity index (χ3n) is 5.84. The first kappa shape index (κ1) is 16.1. The van der Waals surface area contributed by atoms with Gasteiger partial charge in [0.05, 0.1) is 12.0 Å². The largest absolute Gasteiger partial charge is 0.472 e. The smallest absolute Gasteiger partial charge is 0.278 e. The van der Waals surface area contributed by atoms with E-state index in [2.05, 4.69) is 32.4 Å². The lowest BCUT2D eigenvalue weighted by Crippen LogP contribution is -2.40. The van der Waals surface area contributed by atoms with Gasteiger partial charge in [-0.3, -0.25) is 4.79 Å². The molecule has 4 rings (SSSR count). The second-order valence-electron chi connectivity index (χ2n) is 7.19. The van der Waals surface area contributed by atoms with Crippen LogP contribution in [0.2, 0.25) is 0 Å². The van der Waals surface area contributed by atoms with E-state index in [0.717, 1.165) is 24.8 Å². The average Bonchev–Trinajstić information content (AvgIpc) is 2.89. The summed E-state index contributed by atoms with van der Waals surface area (Å²) in [7, 11) is 0. The number of hydrogen-bond donors (Lipinski definition) is 1. The number of amides is 1. The molecule has 0 aliphatic heterocycles. The van der Waals surface area contributed by atoms with Crippen LogP contribution in [0.1, 0.15) is 43.4 Å². The standard InChI is InChI=1S/C19H23N3O3/c1-14-16(22-25-21-14)24-12-11-20-17(23)19(15-7-3-2-4-8-15)13-18(19)9-5-6-10-18/h2-4,7-8H,5-6,9-13H2,1H3,(H,20,23)/t19-/m1/s1. The van der Waals surface area contributed by atoms with Crippen molar-refractivity contribution in [3.05, 3.63) is 41.6 Å². The molecule has 0 unspecified atom stereocenters. The topological polar surface area (TPSA) is 77.2 Å². The molecule has 1 N–H and O–H groups in total. The summed E-state index contributed by atoms with van der Waals surface area (Å²) in [5, 5.41) is 10.4. The zero-order valence-electron chi connectivity index (χ0n) is 14.5. The number of benzene rings is 1. The highest BCUT2D eigenvalue weighted by molar-refractivity contribution is 5.93. The molecule has 0 saturated heterocycles. The molecule has 1 heterocycles. The zero-order valence-corrected chi connectivity index (χ0v) is 14.5. The van der Waals surface area contributed by atoms with Crippen molar-refractivity contribution in [3.8, 4) is 5.88 Å². The molecule has 2 saturated carbocycles. The van der Waals surface area contributed by atoms with Crippen LogP contribution in [0.4, 0.5) is 0 Å². The third kappa shape index (κ3) is 2.60. The van der Waals surface area contributed by atoms with Crippen LogP contribution in [0.25, 0.3) is 0 Å². The number of nitrogens with zero attached hydrogens (tertiary/aromatic N) is 2. The summed E-state index contributed by atoms with van der Waals surface area (Å²) < 4.78 is 10.1. The van der Waals surface area contributed by atoms with Gasteiger partial charge in [0, 0.05) is 0 Å². The quantitative estimate of drug-likeness (QED) is 0.818. The molecule has 2 aliphatic rings. The Morgan fingerprint density at radius 3 is 2.68 bits per heavy atom. The molecule has 132 valence electrons. The van der Waals surface area contributed by atoms with E-state index in [1.165, 1.54) is 12.8 Å². The summed E-state index contributed by atoms with van der Waals surface area (Å²) in [6.07, 6.45) is 5.71. The fourth-order valence-electron chi connectivity index (χ4n) is 4.52. The van der Waals surface area contributed by atoms with Crippen LogP contribution in [-0.4, -0.2) is 29.4 Å². The van der Waals surface area contributed by atoms with Crippen molar-refractivity contribution in [2.24, 2.45) is 5.41 Å². The minimum Gasteiger partial charge on any atom is -0.472 e. The van der Waals surface area contributed by atoms with E-state index in [4.69, 9.17) is 4.74 Å². The first-order valence-electron chi connectivity index (χ1n) is 8.94. The first-order chi connectivity index (χ1) is 12.2. The van der Waals surface area contributed by atoms with Gasteiger partial charge in [-0.1, -0.05) is 48.3 Å². The van der Waals surface area contributed by atoms with Crippen LogP contribution >= 0.6 is 0 Å². The molecule has 1 spiro atoms. The van der Waals surface area contributed by atoms with E-state index in [1.54, 1.807) is 6.92 Å². The Hall–Kier alpha value is -2.37. The summed E-state index contributed by atoms with van der Waals surface area (Å²) in [6, 6.07) is 10.2. The molecule has 25 heavy (non-hydrogen) atoms. The second kappa shape index (κ2) is 6.17. The van der Waals surface area contributed by atoms with Crippen molar-refractivity contribution in [2.45, 2.75) is 44.4 Å². The van der Waals surface area contributed by atoms with Crippen LogP contribution in [0.3, 0.4) is 0 Å². The van der Waals surface area contributed by atoms with Crippen molar-refractivity contribution in [2.75, 3.05) is 13.2 Å². The van der Waals surface area contributed by atoms with Crippen molar-refractivity contribution in [1.29, 1.82) is 0 Å². The number of carbonyl (C=O) groups excluding carboxylic acids is 1. The summed E-state index contributed by atoms with van der Waals surface area (Å²) in [4.78, 5) is 13.1. The third-order valence-corrected chi connectivity index (χ3v) is 5.84. The maximum atomic E-state index is 13.1. The van der Waals surface area contributed by atoms with Crippen LogP contribution in [0, 0.1) is 12.3 Å². The fraction of sp³-hybridized carbons (Fsp3) is 0.526. The highest BCUT2D eigenvalue weighted by atomic mass is 16.6. The predicted octanol–water partition coefficient (Wildman–Crippen LogP) is 2.78. The number of rotatable bonds is 6. The Labute approximate surface area is 146 Å². The Kier molecular flexibility index (Phi) is 3.98. The molecule has 0 bridgehead atoms. The molecular weight excluding hydrogens is 318 g/mol.